The number of carboxylic acid groups (broad SMARTS) is 3. The maximum absolute atomic E-state index is 10.6. The summed E-state index contributed by atoms with van der Waals surface area (Å²) in [6.45, 7) is 1.20. The number of esters is 1. The molecule has 92 valence electrons. The van der Waals surface area contributed by atoms with Crippen molar-refractivity contribution in [1.29, 1.82) is 0 Å². The van der Waals surface area contributed by atoms with Crippen molar-refractivity contribution >= 4 is 18.1 Å². The molecule has 1 aromatic rings. The Hall–Kier alpha value is -0.570. The first kappa shape index (κ1) is 23.5. The maximum Gasteiger partial charge on any atom is 1.00 e. The fourth-order valence-corrected chi connectivity index (χ4v) is 0.879. The third kappa shape index (κ3) is 12.2. The van der Waals surface area contributed by atoms with E-state index >= 15 is 0 Å². The molecule has 0 radical (unpaired) electrons. The first-order valence-corrected chi connectivity index (χ1v) is 4.23. The van der Waals surface area contributed by atoms with E-state index < -0.39 is 18.1 Å². The summed E-state index contributed by atoms with van der Waals surface area (Å²) in [7, 11) is 0. The summed E-state index contributed by atoms with van der Waals surface area (Å²) in [5.41, 5.74) is -0.127. The fraction of sp³-hybridized carbons (Fsp3) is 0.100. The van der Waals surface area contributed by atoms with Crippen LogP contribution < -0.4 is 74.1 Å². The summed E-state index contributed by atoms with van der Waals surface area (Å²) in [6, 6.07) is 5.81. The van der Waals surface area contributed by atoms with Gasteiger partial charge in [0, 0.05) is 12.5 Å². The van der Waals surface area contributed by atoms with E-state index in [0.717, 1.165) is 0 Å². The molecule has 1 aromatic carbocycles. The van der Waals surface area contributed by atoms with Gasteiger partial charge in [-0.05, 0) is 12.1 Å². The van der Waals surface area contributed by atoms with Crippen LogP contribution in [-0.2, 0) is 4.79 Å². The number of para-hydroxylation sites is 1. The van der Waals surface area contributed by atoms with Gasteiger partial charge in [-0.25, -0.2) is 0 Å². The number of hydrogen-bond acceptors (Lipinski definition) is 6. The third-order valence-corrected chi connectivity index (χ3v) is 1.36. The van der Waals surface area contributed by atoms with Crippen molar-refractivity contribution in [3.63, 3.8) is 0 Å². The first-order valence-electron chi connectivity index (χ1n) is 4.23. The topological polar surface area (TPSA) is 127 Å². The summed E-state index contributed by atoms with van der Waals surface area (Å²) in [6.07, 6.45) is -2.08. The first-order chi connectivity index (χ1) is 7.84. The second-order valence-electron chi connectivity index (χ2n) is 2.64. The number of ether oxygens (including phenoxy) is 1. The molecule has 0 atom stereocenters. The number of benzene rings is 1. The number of aromatic carboxylic acids is 1. The van der Waals surface area contributed by atoms with Crippen LogP contribution in [0.2, 0.25) is 0 Å². The normalized spacial score (nSPS) is 7.63. The van der Waals surface area contributed by atoms with Crippen molar-refractivity contribution in [3.05, 3.63) is 29.8 Å². The molecule has 19 heavy (non-hydrogen) atoms. The average molecular weight is 286 g/mol. The Balaban J connectivity index is -0.000000379. The number of rotatable bonds is 2. The third-order valence-electron chi connectivity index (χ3n) is 1.36. The zero-order chi connectivity index (χ0) is 13.4. The van der Waals surface area contributed by atoms with Gasteiger partial charge in [0.15, 0.2) is 0 Å². The Bertz CT molecular complexity index is 430. The van der Waals surface area contributed by atoms with E-state index in [9.17, 15) is 14.7 Å². The van der Waals surface area contributed by atoms with E-state index in [1.165, 1.54) is 25.1 Å². The molecule has 0 heterocycles. The molecule has 9 heteroatoms. The van der Waals surface area contributed by atoms with Crippen molar-refractivity contribution in [1.82, 2.24) is 0 Å². The van der Waals surface area contributed by atoms with Gasteiger partial charge in [0.2, 0.25) is 6.16 Å². The van der Waals surface area contributed by atoms with Crippen LogP contribution in [-0.4, -0.2) is 23.2 Å². The second kappa shape index (κ2) is 12.5. The standard InChI is InChI=1S/C9H8O4.CH2O3.2Na/c1-6(10)13-8-5-3-2-4-7(8)9(11)12;2-1(3)4;;/h2-5H,1H3,(H,11,12);(H2,2,3,4);;/q;;2*+1/p-2. The molecule has 0 aliphatic carbocycles. The Morgan fingerprint density at radius 1 is 1.11 bits per heavy atom. The van der Waals surface area contributed by atoms with Crippen LogP contribution in [0.3, 0.4) is 0 Å². The van der Waals surface area contributed by atoms with E-state index in [0.29, 0.717) is 0 Å². The SMILES string of the molecule is CC(=O)Oc1ccccc1C(=O)[O-].O=C([O-])O.[Na+].[Na+]. The van der Waals surface area contributed by atoms with Crippen LogP contribution in [0.5, 0.6) is 5.75 Å². The minimum absolute atomic E-state index is 0. The van der Waals surface area contributed by atoms with Crippen LogP contribution in [0.1, 0.15) is 17.3 Å². The molecule has 1 rings (SSSR count). The van der Waals surface area contributed by atoms with Crippen molar-refractivity contribution in [3.8, 4) is 5.75 Å². The van der Waals surface area contributed by atoms with Crippen LogP contribution in [0.25, 0.3) is 0 Å². The van der Waals surface area contributed by atoms with Gasteiger partial charge in [-0.1, -0.05) is 12.1 Å². The van der Waals surface area contributed by atoms with E-state index in [-0.39, 0.29) is 70.4 Å². The van der Waals surface area contributed by atoms with Crippen molar-refractivity contribution < 1.29 is 93.6 Å². The summed E-state index contributed by atoms with van der Waals surface area (Å²) >= 11 is 0. The molecule has 1 N–H and O–H groups in total. The molecule has 0 aromatic heterocycles. The second-order valence-corrected chi connectivity index (χ2v) is 2.64. The summed E-state index contributed by atoms with van der Waals surface area (Å²) < 4.78 is 4.65. The number of hydrogen-bond donors (Lipinski definition) is 1. The van der Waals surface area contributed by atoms with Crippen LogP contribution >= 0.6 is 0 Å². The van der Waals surface area contributed by atoms with Gasteiger partial charge < -0.3 is 29.6 Å². The van der Waals surface area contributed by atoms with Gasteiger partial charge >= 0.3 is 65.1 Å². The zero-order valence-electron chi connectivity index (χ0n) is 10.7. The van der Waals surface area contributed by atoms with Crippen LogP contribution in [0.4, 0.5) is 4.79 Å². The maximum atomic E-state index is 10.6. The minimum Gasteiger partial charge on any atom is -0.565 e. The molecule has 0 unspecified atom stereocenters. The molecule has 0 aliphatic rings. The van der Waals surface area contributed by atoms with E-state index in [1.54, 1.807) is 6.07 Å². The quantitative estimate of drug-likeness (QED) is 0.325. The predicted molar refractivity (Wildman–Crippen MR) is 50.1 cm³/mol. The molecule has 0 fully saturated rings. The van der Waals surface area contributed by atoms with Crippen molar-refractivity contribution in [2.24, 2.45) is 0 Å². The smallest absolute Gasteiger partial charge is 0.565 e. The monoisotopic (exact) mass is 286 g/mol. The molecule has 7 nitrogen and oxygen atoms in total. The Morgan fingerprint density at radius 2 is 1.53 bits per heavy atom. The molecule has 0 saturated carbocycles. The molecular formula is C10H8Na2O7. The fourth-order valence-electron chi connectivity index (χ4n) is 0.879. The minimum atomic E-state index is -2.08. The molecular weight excluding hydrogens is 278 g/mol. The predicted octanol–water partition coefficient (Wildman–Crippen LogP) is -7.13. The Labute approximate surface area is 153 Å². The summed E-state index contributed by atoms with van der Waals surface area (Å²) in [5, 5.41) is 25.8. The molecule has 0 amide bonds. The van der Waals surface area contributed by atoms with E-state index in [2.05, 4.69) is 4.74 Å². The number of carbonyl (C=O) groups excluding carboxylic acids is 2. The Kier molecular flexibility index (Phi) is 15.4. The zero-order valence-corrected chi connectivity index (χ0v) is 14.7. The average Bonchev–Trinajstić information content (AvgIpc) is 2.16. The number of carboxylic acids is 1. The van der Waals surface area contributed by atoms with Gasteiger partial charge in [-0.3, -0.25) is 4.79 Å². The molecule has 0 saturated heterocycles. The van der Waals surface area contributed by atoms with Crippen molar-refractivity contribution in [2.45, 2.75) is 6.92 Å². The molecule has 0 bridgehead atoms. The van der Waals surface area contributed by atoms with Gasteiger partial charge in [0.25, 0.3) is 0 Å². The van der Waals surface area contributed by atoms with Crippen LogP contribution in [0.15, 0.2) is 24.3 Å². The van der Waals surface area contributed by atoms with Gasteiger partial charge in [0.1, 0.15) is 5.75 Å². The summed E-state index contributed by atoms with van der Waals surface area (Å²) in [5.74, 6) is -1.92. The van der Waals surface area contributed by atoms with E-state index in [4.69, 9.17) is 15.0 Å². The van der Waals surface area contributed by atoms with Gasteiger partial charge in [0.05, 0.1) is 5.97 Å². The number of carbonyl (C=O) groups is 3. The van der Waals surface area contributed by atoms with Crippen LogP contribution in [0, 0.1) is 0 Å². The van der Waals surface area contributed by atoms with Crippen molar-refractivity contribution in [2.75, 3.05) is 0 Å². The molecule has 0 spiro atoms. The van der Waals surface area contributed by atoms with Gasteiger partial charge in [-0.2, -0.15) is 0 Å². The Morgan fingerprint density at radius 3 is 1.89 bits per heavy atom. The van der Waals surface area contributed by atoms with Gasteiger partial charge in [-0.15, -0.1) is 0 Å². The van der Waals surface area contributed by atoms with E-state index in [1.807, 2.05) is 0 Å². The summed E-state index contributed by atoms with van der Waals surface area (Å²) in [4.78, 5) is 29.5. The largest absolute Gasteiger partial charge is 1.00 e. The molecule has 0 aliphatic heterocycles.